The van der Waals surface area contributed by atoms with Crippen molar-refractivity contribution >= 4 is 23.6 Å². The van der Waals surface area contributed by atoms with Gasteiger partial charge in [-0.25, -0.2) is 0 Å². The normalized spacial score (nSPS) is 10.4. The molecule has 2 rings (SSSR count). The van der Waals surface area contributed by atoms with E-state index in [1.807, 2.05) is 19.1 Å². The summed E-state index contributed by atoms with van der Waals surface area (Å²) in [5, 5.41) is 0. The van der Waals surface area contributed by atoms with Gasteiger partial charge < -0.3 is 9.40 Å². The fourth-order valence-electron chi connectivity index (χ4n) is 1.06. The first-order valence-electron chi connectivity index (χ1n) is 3.51. The highest BCUT2D eigenvalue weighted by atomic mass is 32.1. The number of hydrogen-bond donors (Lipinski definition) is 1. The quantitative estimate of drug-likeness (QED) is 0.710. The summed E-state index contributed by atoms with van der Waals surface area (Å²) in [6.07, 6.45) is 1.66. The van der Waals surface area contributed by atoms with Gasteiger partial charge in [0.2, 0.25) is 0 Å². The lowest BCUT2D eigenvalue weighted by Crippen LogP contribution is -1.74. The molecule has 2 aromatic heterocycles. The summed E-state index contributed by atoms with van der Waals surface area (Å²) in [5.41, 5.74) is 0.995. The van der Waals surface area contributed by atoms with Crippen LogP contribution in [0.3, 0.4) is 0 Å². The number of aromatic nitrogens is 1. The molecule has 0 aliphatic carbocycles. The number of H-pyrrole nitrogens is 1. The molecule has 0 fully saturated rings. The van der Waals surface area contributed by atoms with Crippen molar-refractivity contribution in [1.29, 1.82) is 0 Å². The van der Waals surface area contributed by atoms with Crippen LogP contribution in [0.15, 0.2) is 22.8 Å². The van der Waals surface area contributed by atoms with Crippen molar-refractivity contribution in [1.82, 2.24) is 4.98 Å². The first-order chi connectivity index (χ1) is 5.77. The van der Waals surface area contributed by atoms with Gasteiger partial charge in [-0.2, -0.15) is 0 Å². The Morgan fingerprint density at radius 1 is 1.58 bits per heavy atom. The molecule has 12 heavy (non-hydrogen) atoms. The van der Waals surface area contributed by atoms with Crippen molar-refractivity contribution in [2.24, 2.45) is 0 Å². The van der Waals surface area contributed by atoms with Crippen LogP contribution in [0, 0.1) is 10.9 Å². The van der Waals surface area contributed by atoms with Gasteiger partial charge in [0.05, 0.1) is 12.0 Å². The Balaban J connectivity index is 2.61. The molecule has 4 heteroatoms. The lowest BCUT2D eigenvalue weighted by molar-refractivity contribution is 0.580. The zero-order valence-electron chi connectivity index (χ0n) is 6.46. The van der Waals surface area contributed by atoms with E-state index in [0.717, 1.165) is 20.3 Å². The molecule has 0 bridgehead atoms. The first kappa shape index (κ1) is 7.76. The highest BCUT2D eigenvalue weighted by molar-refractivity contribution is 7.73. The van der Waals surface area contributed by atoms with Crippen LogP contribution >= 0.6 is 23.6 Å². The summed E-state index contributed by atoms with van der Waals surface area (Å²) >= 11 is 6.58. The standard InChI is InChI=1S/C8H7NOS2/c1-5-7(9-8(11)12-5)6-3-2-4-10-6/h2-4H,1H3,(H,9,11). The number of aromatic amines is 1. The molecule has 0 atom stereocenters. The van der Waals surface area contributed by atoms with Crippen molar-refractivity contribution in [3.63, 3.8) is 0 Å². The van der Waals surface area contributed by atoms with Crippen LogP contribution in [0.4, 0.5) is 0 Å². The van der Waals surface area contributed by atoms with Gasteiger partial charge in [-0.15, -0.1) is 11.3 Å². The largest absolute Gasteiger partial charge is 0.463 e. The molecule has 0 aromatic carbocycles. The van der Waals surface area contributed by atoms with Crippen LogP contribution in [0.1, 0.15) is 4.88 Å². The molecule has 0 aliphatic heterocycles. The van der Waals surface area contributed by atoms with E-state index in [4.69, 9.17) is 16.6 Å². The molecule has 0 saturated carbocycles. The smallest absolute Gasteiger partial charge is 0.159 e. The Kier molecular flexibility index (Phi) is 1.86. The summed E-state index contributed by atoms with van der Waals surface area (Å²) in [6.45, 7) is 2.02. The van der Waals surface area contributed by atoms with E-state index in [-0.39, 0.29) is 0 Å². The number of hydrogen-bond acceptors (Lipinski definition) is 3. The van der Waals surface area contributed by atoms with Gasteiger partial charge in [0.15, 0.2) is 9.71 Å². The van der Waals surface area contributed by atoms with Gasteiger partial charge in [-0.1, -0.05) is 0 Å². The highest BCUT2D eigenvalue weighted by Crippen LogP contribution is 2.25. The molecule has 0 radical (unpaired) electrons. The van der Waals surface area contributed by atoms with E-state index in [2.05, 4.69) is 4.98 Å². The van der Waals surface area contributed by atoms with Crippen molar-refractivity contribution in [3.05, 3.63) is 27.2 Å². The van der Waals surface area contributed by atoms with Gasteiger partial charge >= 0.3 is 0 Å². The molecule has 0 aliphatic rings. The molecule has 0 saturated heterocycles. The maximum absolute atomic E-state index is 5.24. The highest BCUT2D eigenvalue weighted by Gasteiger charge is 2.06. The Morgan fingerprint density at radius 3 is 2.92 bits per heavy atom. The average Bonchev–Trinajstić information content (AvgIpc) is 2.58. The third-order valence-corrected chi connectivity index (χ3v) is 2.74. The fourth-order valence-corrected chi connectivity index (χ4v) is 2.22. The topological polar surface area (TPSA) is 28.9 Å². The molecule has 0 unspecified atom stereocenters. The minimum atomic E-state index is 0.791. The van der Waals surface area contributed by atoms with E-state index in [1.165, 1.54) is 0 Å². The number of rotatable bonds is 1. The Labute approximate surface area is 78.9 Å². The minimum Gasteiger partial charge on any atom is -0.463 e. The third kappa shape index (κ3) is 1.23. The predicted octanol–water partition coefficient (Wildman–Crippen LogP) is 3.37. The summed E-state index contributed by atoms with van der Waals surface area (Å²) in [4.78, 5) is 4.25. The van der Waals surface area contributed by atoms with Gasteiger partial charge in [0.25, 0.3) is 0 Å². The van der Waals surface area contributed by atoms with Gasteiger partial charge in [0, 0.05) is 4.88 Å². The monoisotopic (exact) mass is 197 g/mol. The van der Waals surface area contributed by atoms with Gasteiger partial charge in [0.1, 0.15) is 0 Å². The van der Waals surface area contributed by atoms with E-state index < -0.39 is 0 Å². The minimum absolute atomic E-state index is 0.791. The maximum Gasteiger partial charge on any atom is 0.159 e. The average molecular weight is 197 g/mol. The summed E-state index contributed by atoms with van der Waals surface area (Å²) in [6, 6.07) is 3.78. The first-order valence-corrected chi connectivity index (χ1v) is 4.73. The molecule has 1 N–H and O–H groups in total. The number of nitrogens with one attached hydrogen (secondary N) is 1. The molecule has 2 aromatic rings. The summed E-state index contributed by atoms with van der Waals surface area (Å²) < 4.78 is 6.03. The molecule has 2 nitrogen and oxygen atoms in total. The van der Waals surface area contributed by atoms with Gasteiger partial charge in [-0.05, 0) is 31.3 Å². The zero-order chi connectivity index (χ0) is 8.55. The molecule has 0 spiro atoms. The second-order valence-electron chi connectivity index (χ2n) is 2.42. The second kappa shape index (κ2) is 2.88. The zero-order valence-corrected chi connectivity index (χ0v) is 8.09. The summed E-state index contributed by atoms with van der Waals surface area (Å²) in [7, 11) is 0. The molecule has 2 heterocycles. The maximum atomic E-state index is 5.24. The molecular weight excluding hydrogens is 190 g/mol. The third-order valence-electron chi connectivity index (χ3n) is 1.59. The van der Waals surface area contributed by atoms with E-state index >= 15 is 0 Å². The lowest BCUT2D eigenvalue weighted by atomic mass is 10.3. The molecule has 0 amide bonds. The number of thiazole rings is 1. The van der Waals surface area contributed by atoms with E-state index in [0.29, 0.717) is 0 Å². The van der Waals surface area contributed by atoms with E-state index in [1.54, 1.807) is 17.6 Å². The number of furan rings is 1. The van der Waals surface area contributed by atoms with Crippen molar-refractivity contribution in [3.8, 4) is 11.5 Å². The van der Waals surface area contributed by atoms with Crippen LogP contribution in [0.5, 0.6) is 0 Å². The fraction of sp³-hybridized carbons (Fsp3) is 0.125. The lowest BCUT2D eigenvalue weighted by Gasteiger charge is -1.91. The Hall–Kier alpha value is -0.870. The van der Waals surface area contributed by atoms with Crippen LogP contribution in [-0.2, 0) is 0 Å². The van der Waals surface area contributed by atoms with Crippen molar-refractivity contribution in [2.45, 2.75) is 6.92 Å². The summed E-state index contributed by atoms with van der Waals surface area (Å²) in [5.74, 6) is 0.847. The van der Waals surface area contributed by atoms with Crippen LogP contribution in [-0.4, -0.2) is 4.98 Å². The van der Waals surface area contributed by atoms with Crippen LogP contribution in [0.25, 0.3) is 11.5 Å². The van der Waals surface area contributed by atoms with Crippen molar-refractivity contribution in [2.75, 3.05) is 0 Å². The van der Waals surface area contributed by atoms with Crippen LogP contribution < -0.4 is 0 Å². The Bertz CT molecular complexity index is 424. The van der Waals surface area contributed by atoms with E-state index in [9.17, 15) is 0 Å². The second-order valence-corrected chi connectivity index (χ2v) is 4.31. The predicted molar refractivity (Wildman–Crippen MR) is 51.9 cm³/mol. The van der Waals surface area contributed by atoms with Crippen molar-refractivity contribution < 1.29 is 4.42 Å². The SMILES string of the molecule is Cc1sc(=S)[nH]c1-c1ccco1. The van der Waals surface area contributed by atoms with Crippen LogP contribution in [0.2, 0.25) is 0 Å². The Morgan fingerprint density at radius 2 is 2.42 bits per heavy atom. The molecule has 62 valence electrons. The van der Waals surface area contributed by atoms with Gasteiger partial charge in [-0.3, -0.25) is 0 Å². The molecular formula is C8H7NOS2. The number of aryl methyl sites for hydroxylation is 1.